The van der Waals surface area contributed by atoms with Crippen molar-refractivity contribution in [1.29, 1.82) is 0 Å². The monoisotopic (exact) mass is 389 g/mol. The molecule has 1 aromatic carbocycles. The Labute approximate surface area is 170 Å². The van der Waals surface area contributed by atoms with Gasteiger partial charge in [0.1, 0.15) is 17.3 Å². The molecule has 1 fully saturated rings. The third-order valence-corrected chi connectivity index (χ3v) is 4.95. The van der Waals surface area contributed by atoms with Crippen LogP contribution in [-0.2, 0) is 0 Å². The molecule has 0 unspecified atom stereocenters. The first-order valence-electron chi connectivity index (χ1n) is 9.55. The van der Waals surface area contributed by atoms with E-state index in [9.17, 15) is 4.79 Å². The normalized spacial score (nSPS) is 13.8. The molecule has 0 saturated carbocycles. The maximum absolute atomic E-state index is 12.3. The number of hydrogen-bond donors (Lipinski definition) is 1. The fourth-order valence-electron chi connectivity index (χ4n) is 3.32. The Morgan fingerprint density at radius 1 is 0.931 bits per heavy atom. The first-order valence-corrected chi connectivity index (χ1v) is 9.55. The lowest BCUT2D eigenvalue weighted by Crippen LogP contribution is -2.46. The zero-order valence-corrected chi connectivity index (χ0v) is 16.3. The molecule has 0 spiro atoms. The minimum Gasteiger partial charge on any atom is -0.495 e. The molecule has 1 aliphatic rings. The van der Waals surface area contributed by atoms with E-state index < -0.39 is 0 Å². The Morgan fingerprint density at radius 3 is 2.31 bits per heavy atom. The van der Waals surface area contributed by atoms with Crippen molar-refractivity contribution in [3.63, 3.8) is 0 Å². The fourth-order valence-corrected chi connectivity index (χ4v) is 3.32. The van der Waals surface area contributed by atoms with E-state index in [-0.39, 0.29) is 5.91 Å². The summed E-state index contributed by atoms with van der Waals surface area (Å²) in [5.41, 5.74) is 2.23. The first-order chi connectivity index (χ1) is 14.2. The number of rotatable bonds is 5. The number of carbonyl (C=O) groups is 1. The summed E-state index contributed by atoms with van der Waals surface area (Å²) in [6.45, 7) is 3.72. The maximum Gasteiger partial charge on any atom is 0.274 e. The number of amides is 1. The molecule has 4 rings (SSSR count). The van der Waals surface area contributed by atoms with Gasteiger partial charge in [0.15, 0.2) is 0 Å². The third-order valence-electron chi connectivity index (χ3n) is 4.95. The summed E-state index contributed by atoms with van der Waals surface area (Å²) in [6, 6.07) is 17.3. The van der Waals surface area contributed by atoms with Crippen LogP contribution in [0, 0.1) is 0 Å². The summed E-state index contributed by atoms with van der Waals surface area (Å²) in [4.78, 5) is 25.5. The number of ether oxygens (including phenoxy) is 1. The molecule has 1 amide bonds. The number of piperazine rings is 1. The molecule has 0 atom stereocenters. The lowest BCUT2D eigenvalue weighted by atomic mass is 10.2. The predicted molar refractivity (Wildman–Crippen MR) is 114 cm³/mol. The third kappa shape index (κ3) is 4.45. The average Bonchev–Trinajstić information content (AvgIpc) is 2.80. The van der Waals surface area contributed by atoms with Gasteiger partial charge >= 0.3 is 0 Å². The topological polar surface area (TPSA) is 70.6 Å². The standard InChI is InChI=1S/C22H23N5O2/c1-29-19-9-10-20(24-16-19)22(28)25-17-5-7-18(8-6-17)26-12-14-27(15-13-26)21-4-2-3-11-23-21/h2-11,16H,12-15H2,1H3,(H,25,28). The van der Waals surface area contributed by atoms with Crippen LogP contribution in [0.25, 0.3) is 0 Å². The number of anilines is 3. The first kappa shape index (κ1) is 18.7. The van der Waals surface area contributed by atoms with Crippen molar-refractivity contribution in [1.82, 2.24) is 9.97 Å². The molecule has 3 heterocycles. The van der Waals surface area contributed by atoms with Gasteiger partial charge in [0.25, 0.3) is 5.91 Å². The Morgan fingerprint density at radius 2 is 1.69 bits per heavy atom. The highest BCUT2D eigenvalue weighted by atomic mass is 16.5. The fraction of sp³-hybridized carbons (Fsp3) is 0.227. The molecule has 2 aromatic heterocycles. The lowest BCUT2D eigenvalue weighted by Gasteiger charge is -2.36. The van der Waals surface area contributed by atoms with E-state index in [2.05, 4.69) is 25.1 Å². The predicted octanol–water partition coefficient (Wildman–Crippen LogP) is 3.06. The van der Waals surface area contributed by atoms with Gasteiger partial charge in [-0.05, 0) is 48.5 Å². The van der Waals surface area contributed by atoms with Crippen molar-refractivity contribution in [2.24, 2.45) is 0 Å². The largest absolute Gasteiger partial charge is 0.495 e. The van der Waals surface area contributed by atoms with Crippen LogP contribution >= 0.6 is 0 Å². The molecule has 7 nitrogen and oxygen atoms in total. The Bertz CT molecular complexity index is 937. The molecule has 148 valence electrons. The van der Waals surface area contributed by atoms with Gasteiger partial charge in [0.05, 0.1) is 13.3 Å². The van der Waals surface area contributed by atoms with E-state index in [0.717, 1.165) is 43.4 Å². The van der Waals surface area contributed by atoms with Gasteiger partial charge in [-0.25, -0.2) is 9.97 Å². The number of aromatic nitrogens is 2. The van der Waals surface area contributed by atoms with Gasteiger partial charge < -0.3 is 19.9 Å². The summed E-state index contributed by atoms with van der Waals surface area (Å²) in [6.07, 6.45) is 3.36. The van der Waals surface area contributed by atoms with Crippen LogP contribution in [0.3, 0.4) is 0 Å². The number of carbonyl (C=O) groups excluding carboxylic acids is 1. The van der Waals surface area contributed by atoms with Crippen molar-refractivity contribution < 1.29 is 9.53 Å². The summed E-state index contributed by atoms with van der Waals surface area (Å²) < 4.78 is 5.06. The lowest BCUT2D eigenvalue weighted by molar-refractivity contribution is 0.102. The number of nitrogens with zero attached hydrogens (tertiary/aromatic N) is 4. The van der Waals surface area contributed by atoms with Gasteiger partial charge in [0.2, 0.25) is 0 Å². The van der Waals surface area contributed by atoms with Crippen molar-refractivity contribution in [3.05, 3.63) is 72.7 Å². The van der Waals surface area contributed by atoms with Crippen LogP contribution in [0.4, 0.5) is 17.2 Å². The Hall–Kier alpha value is -3.61. The van der Waals surface area contributed by atoms with E-state index >= 15 is 0 Å². The highest BCUT2D eigenvalue weighted by Gasteiger charge is 2.18. The number of hydrogen-bond acceptors (Lipinski definition) is 6. The number of benzene rings is 1. The molecule has 3 aromatic rings. The van der Waals surface area contributed by atoms with E-state index in [1.54, 1.807) is 19.2 Å². The van der Waals surface area contributed by atoms with Crippen molar-refractivity contribution >= 4 is 23.1 Å². The average molecular weight is 389 g/mol. The molecular weight excluding hydrogens is 366 g/mol. The molecule has 1 saturated heterocycles. The van der Waals surface area contributed by atoms with E-state index in [4.69, 9.17) is 4.74 Å². The van der Waals surface area contributed by atoms with E-state index in [1.807, 2.05) is 48.7 Å². The molecule has 1 aliphatic heterocycles. The van der Waals surface area contributed by atoms with Crippen molar-refractivity contribution in [3.8, 4) is 5.75 Å². The van der Waals surface area contributed by atoms with Crippen LogP contribution in [0.5, 0.6) is 5.75 Å². The SMILES string of the molecule is COc1ccc(C(=O)Nc2ccc(N3CCN(c4ccccn4)CC3)cc2)nc1. The van der Waals surface area contributed by atoms with E-state index in [1.165, 1.54) is 6.20 Å². The number of methoxy groups -OCH3 is 1. The van der Waals surface area contributed by atoms with E-state index in [0.29, 0.717) is 11.4 Å². The smallest absolute Gasteiger partial charge is 0.274 e. The molecule has 7 heteroatoms. The van der Waals surface area contributed by atoms with Gasteiger partial charge in [0, 0.05) is 43.8 Å². The summed E-state index contributed by atoms with van der Waals surface area (Å²) >= 11 is 0. The zero-order chi connectivity index (χ0) is 20.1. The Balaban J connectivity index is 1.34. The highest BCUT2D eigenvalue weighted by Crippen LogP contribution is 2.21. The second kappa shape index (κ2) is 8.60. The number of pyridine rings is 2. The summed E-state index contributed by atoms with van der Waals surface area (Å²) in [5.74, 6) is 1.40. The van der Waals surface area contributed by atoms with Gasteiger partial charge in [-0.2, -0.15) is 0 Å². The summed E-state index contributed by atoms with van der Waals surface area (Å²) in [5, 5.41) is 2.88. The summed E-state index contributed by atoms with van der Waals surface area (Å²) in [7, 11) is 1.57. The molecule has 0 radical (unpaired) electrons. The Kier molecular flexibility index (Phi) is 5.56. The molecule has 0 bridgehead atoms. The van der Waals surface area contributed by atoms with Crippen LogP contribution in [0.15, 0.2) is 67.0 Å². The molecule has 0 aliphatic carbocycles. The van der Waals surface area contributed by atoms with Crippen LogP contribution < -0.4 is 19.9 Å². The zero-order valence-electron chi connectivity index (χ0n) is 16.3. The van der Waals surface area contributed by atoms with Gasteiger partial charge in [-0.1, -0.05) is 6.07 Å². The quantitative estimate of drug-likeness (QED) is 0.723. The van der Waals surface area contributed by atoms with Gasteiger partial charge in [-0.15, -0.1) is 0 Å². The van der Waals surface area contributed by atoms with Crippen molar-refractivity contribution in [2.45, 2.75) is 0 Å². The molecular formula is C22H23N5O2. The minimum absolute atomic E-state index is 0.246. The van der Waals surface area contributed by atoms with Gasteiger partial charge in [-0.3, -0.25) is 4.79 Å². The minimum atomic E-state index is -0.246. The number of nitrogens with one attached hydrogen (secondary N) is 1. The highest BCUT2D eigenvalue weighted by molar-refractivity contribution is 6.02. The maximum atomic E-state index is 12.3. The second-order valence-corrected chi connectivity index (χ2v) is 6.75. The van der Waals surface area contributed by atoms with Crippen molar-refractivity contribution in [2.75, 3.05) is 48.4 Å². The van der Waals surface area contributed by atoms with Crippen LogP contribution in [0.2, 0.25) is 0 Å². The van der Waals surface area contributed by atoms with Crippen LogP contribution in [0.1, 0.15) is 10.5 Å². The molecule has 29 heavy (non-hydrogen) atoms. The second-order valence-electron chi connectivity index (χ2n) is 6.75. The molecule has 1 N–H and O–H groups in total. The van der Waals surface area contributed by atoms with Crippen LogP contribution in [-0.4, -0.2) is 49.2 Å².